The van der Waals surface area contributed by atoms with E-state index in [1.807, 2.05) is 0 Å². The molecule has 5 heteroatoms. The maximum Gasteiger partial charge on any atom is 0.401 e. The third-order valence-electron chi connectivity index (χ3n) is 2.13. The molecule has 0 aliphatic carbocycles. The lowest BCUT2D eigenvalue weighted by Crippen LogP contribution is -2.47. The second kappa shape index (κ2) is 4.81. The highest BCUT2D eigenvalue weighted by atomic mass is 19.4. The molecule has 0 aliphatic rings. The third kappa shape index (κ3) is 5.10. The van der Waals surface area contributed by atoms with Crippen molar-refractivity contribution in [2.24, 2.45) is 5.73 Å². The lowest BCUT2D eigenvalue weighted by Gasteiger charge is -2.30. The highest BCUT2D eigenvalue weighted by Crippen LogP contribution is 2.18. The zero-order valence-corrected chi connectivity index (χ0v) is 8.23. The van der Waals surface area contributed by atoms with E-state index in [0.717, 1.165) is 0 Å². The summed E-state index contributed by atoms with van der Waals surface area (Å²) in [6.45, 7) is 4.60. The summed E-state index contributed by atoms with van der Waals surface area (Å²) in [5.41, 5.74) is 5.52. The molecule has 2 nitrogen and oxygen atoms in total. The predicted octanol–water partition coefficient (Wildman–Crippen LogP) is 1.61. The van der Waals surface area contributed by atoms with Crippen LogP contribution in [0.1, 0.15) is 20.8 Å². The van der Waals surface area contributed by atoms with E-state index in [0.29, 0.717) is 6.54 Å². The zero-order valence-electron chi connectivity index (χ0n) is 8.23. The SMILES string of the molecule is CCN(CC(F)(F)F)C(C)C(C)N. The van der Waals surface area contributed by atoms with Crippen molar-refractivity contribution >= 4 is 0 Å². The smallest absolute Gasteiger partial charge is 0.327 e. The Balaban J connectivity index is 4.18. The summed E-state index contributed by atoms with van der Waals surface area (Å²) in [7, 11) is 0. The molecule has 0 amide bonds. The molecule has 2 atom stereocenters. The highest BCUT2D eigenvalue weighted by Gasteiger charge is 2.32. The van der Waals surface area contributed by atoms with Crippen molar-refractivity contribution in [3.05, 3.63) is 0 Å². The quantitative estimate of drug-likeness (QED) is 0.743. The topological polar surface area (TPSA) is 29.3 Å². The average molecular weight is 198 g/mol. The summed E-state index contributed by atoms with van der Waals surface area (Å²) >= 11 is 0. The number of likely N-dealkylation sites (N-methyl/N-ethyl adjacent to an activating group) is 1. The molecule has 0 bridgehead atoms. The molecule has 0 aromatic carbocycles. The molecule has 0 spiro atoms. The molecule has 0 aromatic rings. The monoisotopic (exact) mass is 198 g/mol. The first-order chi connectivity index (χ1) is 5.78. The number of hydrogen-bond donors (Lipinski definition) is 1. The van der Waals surface area contributed by atoms with Gasteiger partial charge in [0.05, 0.1) is 6.54 Å². The van der Waals surface area contributed by atoms with Crippen LogP contribution in [0.5, 0.6) is 0 Å². The first kappa shape index (κ1) is 12.7. The first-order valence-electron chi connectivity index (χ1n) is 4.34. The molecule has 0 rings (SSSR count). The molecule has 0 radical (unpaired) electrons. The fourth-order valence-corrected chi connectivity index (χ4v) is 1.11. The lowest BCUT2D eigenvalue weighted by molar-refractivity contribution is -0.150. The molecule has 0 saturated heterocycles. The molecule has 0 aliphatic heterocycles. The molecule has 2 N–H and O–H groups in total. The number of hydrogen-bond acceptors (Lipinski definition) is 2. The standard InChI is InChI=1S/C8H17F3N2/c1-4-13(5-8(9,10)11)7(3)6(2)12/h6-7H,4-5,12H2,1-3H3. The van der Waals surface area contributed by atoms with Crippen molar-refractivity contribution in [2.45, 2.75) is 39.0 Å². The second-order valence-corrected chi connectivity index (χ2v) is 3.28. The van der Waals surface area contributed by atoms with Crippen LogP contribution in [-0.2, 0) is 0 Å². The van der Waals surface area contributed by atoms with Gasteiger partial charge in [0.1, 0.15) is 0 Å². The second-order valence-electron chi connectivity index (χ2n) is 3.28. The van der Waals surface area contributed by atoms with Crippen LogP contribution in [0.15, 0.2) is 0 Å². The number of nitrogens with two attached hydrogens (primary N) is 1. The van der Waals surface area contributed by atoms with E-state index < -0.39 is 12.7 Å². The van der Waals surface area contributed by atoms with Crippen LogP contribution in [0, 0.1) is 0 Å². The van der Waals surface area contributed by atoms with Crippen molar-refractivity contribution in [3.8, 4) is 0 Å². The van der Waals surface area contributed by atoms with E-state index in [4.69, 9.17) is 5.73 Å². The van der Waals surface area contributed by atoms with Crippen LogP contribution >= 0.6 is 0 Å². The molecule has 0 heterocycles. The molecule has 0 fully saturated rings. The maximum absolute atomic E-state index is 12.0. The Morgan fingerprint density at radius 2 is 1.77 bits per heavy atom. The first-order valence-corrected chi connectivity index (χ1v) is 4.34. The molecular formula is C8H17F3N2. The van der Waals surface area contributed by atoms with E-state index in [1.165, 1.54) is 4.90 Å². The van der Waals surface area contributed by atoms with Gasteiger partial charge in [-0.1, -0.05) is 6.92 Å². The number of nitrogens with zero attached hydrogens (tertiary/aromatic N) is 1. The van der Waals surface area contributed by atoms with E-state index >= 15 is 0 Å². The Morgan fingerprint density at radius 3 is 2.00 bits per heavy atom. The summed E-state index contributed by atoms with van der Waals surface area (Å²) in [5.74, 6) is 0. The molecule has 13 heavy (non-hydrogen) atoms. The Kier molecular flexibility index (Phi) is 4.70. The maximum atomic E-state index is 12.0. The van der Waals surface area contributed by atoms with Gasteiger partial charge in [0, 0.05) is 12.1 Å². The number of alkyl halides is 3. The summed E-state index contributed by atoms with van der Waals surface area (Å²) in [5, 5.41) is 0. The van der Waals surface area contributed by atoms with Crippen LogP contribution in [0.2, 0.25) is 0 Å². The Bertz CT molecular complexity index is 145. The van der Waals surface area contributed by atoms with Gasteiger partial charge >= 0.3 is 6.18 Å². The van der Waals surface area contributed by atoms with Crippen LogP contribution in [-0.4, -0.2) is 36.2 Å². The van der Waals surface area contributed by atoms with E-state index in [9.17, 15) is 13.2 Å². The minimum absolute atomic E-state index is 0.244. The van der Waals surface area contributed by atoms with Gasteiger partial charge in [0.15, 0.2) is 0 Å². The van der Waals surface area contributed by atoms with Crippen molar-refractivity contribution in [1.29, 1.82) is 0 Å². The van der Waals surface area contributed by atoms with Crippen molar-refractivity contribution in [2.75, 3.05) is 13.1 Å². The minimum Gasteiger partial charge on any atom is -0.327 e. The third-order valence-corrected chi connectivity index (χ3v) is 2.13. The molecule has 0 aromatic heterocycles. The number of halogens is 3. The fourth-order valence-electron chi connectivity index (χ4n) is 1.11. The van der Waals surface area contributed by atoms with Gasteiger partial charge in [-0.3, -0.25) is 4.90 Å². The molecule has 80 valence electrons. The Morgan fingerprint density at radius 1 is 1.31 bits per heavy atom. The van der Waals surface area contributed by atoms with Crippen molar-refractivity contribution in [1.82, 2.24) is 4.90 Å². The highest BCUT2D eigenvalue weighted by molar-refractivity contribution is 4.75. The Hall–Kier alpha value is -0.290. The normalized spacial score (nSPS) is 17.5. The predicted molar refractivity (Wildman–Crippen MR) is 46.4 cm³/mol. The van der Waals surface area contributed by atoms with Gasteiger partial charge in [-0.2, -0.15) is 13.2 Å². The van der Waals surface area contributed by atoms with Crippen LogP contribution < -0.4 is 5.73 Å². The van der Waals surface area contributed by atoms with E-state index in [-0.39, 0.29) is 12.1 Å². The summed E-state index contributed by atoms with van der Waals surface area (Å²) in [6.07, 6.45) is -4.14. The summed E-state index contributed by atoms with van der Waals surface area (Å²) in [6, 6.07) is -0.492. The summed E-state index contributed by atoms with van der Waals surface area (Å²) < 4.78 is 36.1. The van der Waals surface area contributed by atoms with Crippen LogP contribution in [0.25, 0.3) is 0 Å². The molecular weight excluding hydrogens is 181 g/mol. The minimum atomic E-state index is -4.14. The van der Waals surface area contributed by atoms with Crippen molar-refractivity contribution in [3.63, 3.8) is 0 Å². The van der Waals surface area contributed by atoms with Gasteiger partial charge in [0.25, 0.3) is 0 Å². The lowest BCUT2D eigenvalue weighted by atomic mass is 10.1. The summed E-state index contributed by atoms with van der Waals surface area (Å²) in [4.78, 5) is 1.32. The van der Waals surface area contributed by atoms with Gasteiger partial charge in [-0.05, 0) is 20.4 Å². The zero-order chi connectivity index (χ0) is 10.6. The van der Waals surface area contributed by atoms with Gasteiger partial charge in [-0.25, -0.2) is 0 Å². The largest absolute Gasteiger partial charge is 0.401 e. The van der Waals surface area contributed by atoms with Crippen molar-refractivity contribution < 1.29 is 13.2 Å². The van der Waals surface area contributed by atoms with Gasteiger partial charge in [-0.15, -0.1) is 0 Å². The van der Waals surface area contributed by atoms with E-state index in [2.05, 4.69) is 0 Å². The molecule has 0 saturated carbocycles. The average Bonchev–Trinajstić information content (AvgIpc) is 1.97. The van der Waals surface area contributed by atoms with Gasteiger partial charge in [0.2, 0.25) is 0 Å². The van der Waals surface area contributed by atoms with Crippen LogP contribution in [0.3, 0.4) is 0 Å². The molecule has 2 unspecified atom stereocenters. The van der Waals surface area contributed by atoms with Gasteiger partial charge < -0.3 is 5.73 Å². The fraction of sp³-hybridized carbons (Fsp3) is 1.00. The van der Waals surface area contributed by atoms with E-state index in [1.54, 1.807) is 20.8 Å². The Labute approximate surface area is 76.9 Å². The number of rotatable bonds is 4. The van der Waals surface area contributed by atoms with Crippen LogP contribution in [0.4, 0.5) is 13.2 Å².